The molecule has 1 atom stereocenters. The summed E-state index contributed by atoms with van der Waals surface area (Å²) in [5.74, 6) is -0.141. The molecule has 0 aromatic heterocycles. The molecule has 0 fully saturated rings. The van der Waals surface area contributed by atoms with Crippen LogP contribution in [0.4, 0.5) is 5.69 Å². The van der Waals surface area contributed by atoms with Gasteiger partial charge in [0, 0.05) is 11.4 Å². The number of anilines is 1. The molecule has 24 heavy (non-hydrogen) atoms. The Balaban J connectivity index is 1.95. The molecule has 3 N–H and O–H groups in total. The first kappa shape index (κ1) is 16.2. The Morgan fingerprint density at radius 3 is 2.42 bits per heavy atom. The molecule has 0 aliphatic carbocycles. The summed E-state index contributed by atoms with van der Waals surface area (Å²) < 4.78 is 0. The standard InChI is InChI=1S/C19H19N3OS/c1-12-8-6-7-11-15(12)21-18(23)16-13(2)20-19(24)22-17(16)14-9-4-3-5-10-14/h3-11,17H,1-2H3,(H,21,23)(H2,20,22,24). The maximum Gasteiger partial charge on any atom is 0.255 e. The lowest BCUT2D eigenvalue weighted by Crippen LogP contribution is -2.45. The third-order valence-corrected chi connectivity index (χ3v) is 4.26. The van der Waals surface area contributed by atoms with Gasteiger partial charge in [0.1, 0.15) is 0 Å². The predicted molar refractivity (Wildman–Crippen MR) is 101 cm³/mol. The fourth-order valence-electron chi connectivity index (χ4n) is 2.79. The fourth-order valence-corrected chi connectivity index (χ4v) is 3.06. The van der Waals surface area contributed by atoms with E-state index in [1.165, 1.54) is 0 Å². The van der Waals surface area contributed by atoms with Gasteiger partial charge >= 0.3 is 0 Å². The zero-order valence-corrected chi connectivity index (χ0v) is 14.4. The first-order chi connectivity index (χ1) is 11.6. The van der Waals surface area contributed by atoms with Crippen LogP contribution >= 0.6 is 12.2 Å². The largest absolute Gasteiger partial charge is 0.351 e. The molecule has 5 heteroatoms. The second-order valence-corrected chi connectivity index (χ2v) is 6.16. The lowest BCUT2D eigenvalue weighted by Gasteiger charge is -2.30. The summed E-state index contributed by atoms with van der Waals surface area (Å²) in [5.41, 5.74) is 4.22. The molecule has 0 bridgehead atoms. The summed E-state index contributed by atoms with van der Waals surface area (Å²) >= 11 is 5.26. The minimum atomic E-state index is -0.274. The number of allylic oxidation sites excluding steroid dienone is 1. The molecular weight excluding hydrogens is 318 g/mol. The van der Waals surface area contributed by atoms with Gasteiger partial charge in [-0.3, -0.25) is 4.79 Å². The fraction of sp³-hybridized carbons (Fsp3) is 0.158. The quantitative estimate of drug-likeness (QED) is 0.751. The number of thiocarbonyl (C=S) groups is 1. The van der Waals surface area contributed by atoms with Crippen molar-refractivity contribution < 1.29 is 4.79 Å². The van der Waals surface area contributed by atoms with Crippen molar-refractivity contribution >= 4 is 28.9 Å². The number of aryl methyl sites for hydroxylation is 1. The van der Waals surface area contributed by atoms with Gasteiger partial charge in [0.25, 0.3) is 5.91 Å². The Labute approximate surface area is 147 Å². The van der Waals surface area contributed by atoms with Crippen LogP contribution < -0.4 is 16.0 Å². The Morgan fingerprint density at radius 1 is 1.04 bits per heavy atom. The Hall–Kier alpha value is -2.66. The highest BCUT2D eigenvalue weighted by molar-refractivity contribution is 7.80. The normalized spacial score (nSPS) is 17.1. The van der Waals surface area contributed by atoms with Gasteiger partial charge in [-0.1, -0.05) is 48.5 Å². The number of hydrogen-bond acceptors (Lipinski definition) is 2. The van der Waals surface area contributed by atoms with Gasteiger partial charge in [0.2, 0.25) is 0 Å². The molecular formula is C19H19N3OS. The van der Waals surface area contributed by atoms with Crippen molar-refractivity contribution in [3.63, 3.8) is 0 Å². The highest BCUT2D eigenvalue weighted by Gasteiger charge is 2.29. The van der Waals surface area contributed by atoms with Gasteiger partial charge in [0.05, 0.1) is 11.6 Å². The number of benzene rings is 2. The van der Waals surface area contributed by atoms with E-state index in [9.17, 15) is 4.79 Å². The van der Waals surface area contributed by atoms with Crippen LogP contribution in [0, 0.1) is 6.92 Å². The van der Waals surface area contributed by atoms with E-state index in [-0.39, 0.29) is 11.9 Å². The molecule has 0 radical (unpaired) electrons. The van der Waals surface area contributed by atoms with Gasteiger partial charge in [0.15, 0.2) is 5.11 Å². The minimum absolute atomic E-state index is 0.141. The van der Waals surface area contributed by atoms with Crippen molar-refractivity contribution in [1.82, 2.24) is 10.6 Å². The van der Waals surface area contributed by atoms with Crippen molar-refractivity contribution in [2.24, 2.45) is 0 Å². The van der Waals surface area contributed by atoms with Gasteiger partial charge in [-0.15, -0.1) is 0 Å². The van der Waals surface area contributed by atoms with Crippen LogP contribution in [0.2, 0.25) is 0 Å². The maximum atomic E-state index is 12.9. The Bertz CT molecular complexity index is 814. The highest BCUT2D eigenvalue weighted by Crippen LogP contribution is 2.28. The van der Waals surface area contributed by atoms with Crippen LogP contribution in [-0.4, -0.2) is 11.0 Å². The Kier molecular flexibility index (Phi) is 4.62. The second-order valence-electron chi connectivity index (χ2n) is 5.75. The average Bonchev–Trinajstić information content (AvgIpc) is 2.57. The third-order valence-electron chi connectivity index (χ3n) is 4.04. The van der Waals surface area contributed by atoms with Gasteiger partial charge in [-0.25, -0.2) is 0 Å². The first-order valence-electron chi connectivity index (χ1n) is 7.76. The van der Waals surface area contributed by atoms with Crippen molar-refractivity contribution in [2.45, 2.75) is 19.9 Å². The summed E-state index contributed by atoms with van der Waals surface area (Å²) in [6.45, 7) is 3.84. The Morgan fingerprint density at radius 2 is 1.71 bits per heavy atom. The first-order valence-corrected chi connectivity index (χ1v) is 8.17. The van der Waals surface area contributed by atoms with E-state index in [2.05, 4.69) is 16.0 Å². The molecule has 122 valence electrons. The lowest BCUT2D eigenvalue weighted by atomic mass is 9.95. The summed E-state index contributed by atoms with van der Waals surface area (Å²) in [5, 5.41) is 9.77. The molecule has 0 spiro atoms. The predicted octanol–water partition coefficient (Wildman–Crippen LogP) is 3.43. The molecule has 3 rings (SSSR count). The monoisotopic (exact) mass is 337 g/mol. The molecule has 1 unspecified atom stereocenters. The average molecular weight is 337 g/mol. The van der Waals surface area contributed by atoms with E-state index < -0.39 is 0 Å². The number of rotatable bonds is 3. The van der Waals surface area contributed by atoms with Crippen LogP contribution in [0.15, 0.2) is 65.9 Å². The van der Waals surface area contributed by atoms with Crippen molar-refractivity contribution in [3.05, 3.63) is 77.0 Å². The minimum Gasteiger partial charge on any atom is -0.351 e. The van der Waals surface area contributed by atoms with E-state index in [1.54, 1.807) is 0 Å². The summed E-state index contributed by atoms with van der Waals surface area (Å²) in [6.07, 6.45) is 0. The highest BCUT2D eigenvalue weighted by atomic mass is 32.1. The van der Waals surface area contributed by atoms with E-state index >= 15 is 0 Å². The van der Waals surface area contributed by atoms with E-state index in [4.69, 9.17) is 12.2 Å². The number of carbonyl (C=O) groups is 1. The second kappa shape index (κ2) is 6.84. The van der Waals surface area contributed by atoms with Crippen molar-refractivity contribution in [3.8, 4) is 0 Å². The summed E-state index contributed by atoms with van der Waals surface area (Å²) in [4.78, 5) is 12.9. The van der Waals surface area contributed by atoms with Crippen LogP contribution in [0.1, 0.15) is 24.1 Å². The van der Waals surface area contributed by atoms with Crippen LogP contribution in [-0.2, 0) is 4.79 Å². The van der Waals surface area contributed by atoms with Gasteiger partial charge in [-0.05, 0) is 43.3 Å². The number of para-hydroxylation sites is 1. The third kappa shape index (κ3) is 3.31. The molecule has 1 heterocycles. The van der Waals surface area contributed by atoms with Crippen LogP contribution in [0.3, 0.4) is 0 Å². The summed E-state index contributed by atoms with van der Waals surface area (Å²) in [6, 6.07) is 17.3. The van der Waals surface area contributed by atoms with Crippen molar-refractivity contribution in [1.29, 1.82) is 0 Å². The van der Waals surface area contributed by atoms with Gasteiger partial charge in [-0.2, -0.15) is 0 Å². The number of carbonyl (C=O) groups excluding carboxylic acids is 1. The lowest BCUT2D eigenvalue weighted by molar-refractivity contribution is -0.113. The van der Waals surface area contributed by atoms with Crippen molar-refractivity contribution in [2.75, 3.05) is 5.32 Å². The molecule has 2 aromatic carbocycles. The zero-order valence-electron chi connectivity index (χ0n) is 13.6. The summed E-state index contributed by atoms with van der Waals surface area (Å²) in [7, 11) is 0. The van der Waals surface area contributed by atoms with E-state index in [0.29, 0.717) is 10.7 Å². The van der Waals surface area contributed by atoms with Crippen LogP contribution in [0.5, 0.6) is 0 Å². The number of nitrogens with one attached hydrogen (secondary N) is 3. The molecule has 1 amide bonds. The van der Waals surface area contributed by atoms with Crippen LogP contribution in [0.25, 0.3) is 0 Å². The maximum absolute atomic E-state index is 12.9. The molecule has 0 saturated heterocycles. The molecule has 0 saturated carbocycles. The molecule has 1 aliphatic rings. The molecule has 4 nitrogen and oxygen atoms in total. The molecule has 1 aliphatic heterocycles. The van der Waals surface area contributed by atoms with E-state index in [0.717, 1.165) is 22.5 Å². The number of hydrogen-bond donors (Lipinski definition) is 3. The molecule has 2 aromatic rings. The van der Waals surface area contributed by atoms with E-state index in [1.807, 2.05) is 68.4 Å². The van der Waals surface area contributed by atoms with Gasteiger partial charge < -0.3 is 16.0 Å². The number of amides is 1. The zero-order chi connectivity index (χ0) is 17.1. The smallest absolute Gasteiger partial charge is 0.255 e. The SMILES string of the molecule is CC1=C(C(=O)Nc2ccccc2C)C(c2ccccc2)NC(=S)N1. The topological polar surface area (TPSA) is 53.2 Å².